The lowest BCUT2D eigenvalue weighted by Gasteiger charge is -2.22. The molecule has 1 aliphatic heterocycles. The molecule has 0 saturated carbocycles. The summed E-state index contributed by atoms with van der Waals surface area (Å²) in [6.07, 6.45) is 2.35. The Hall–Kier alpha value is -1.52. The molecule has 1 N–H and O–H groups in total. The zero-order valence-corrected chi connectivity index (χ0v) is 12.8. The third-order valence-corrected chi connectivity index (χ3v) is 4.34. The number of nitrogens with zero attached hydrogens (tertiary/aromatic N) is 1. The van der Waals surface area contributed by atoms with Gasteiger partial charge in [0.05, 0.1) is 0 Å². The van der Waals surface area contributed by atoms with Gasteiger partial charge in [0, 0.05) is 23.0 Å². The lowest BCUT2D eigenvalue weighted by molar-refractivity contribution is 0.0916. The van der Waals surface area contributed by atoms with Gasteiger partial charge in [-0.3, -0.25) is 9.69 Å². The average molecular weight is 307 g/mol. The highest BCUT2D eigenvalue weighted by Gasteiger charge is 2.23. The Morgan fingerprint density at radius 3 is 3.14 bits per heavy atom. The Balaban J connectivity index is 1.66. The molecule has 1 aliphatic rings. The van der Waals surface area contributed by atoms with Crippen molar-refractivity contribution in [2.24, 2.45) is 0 Å². The summed E-state index contributed by atoms with van der Waals surface area (Å²) >= 11 is 5.94. The minimum atomic E-state index is -0.162. The summed E-state index contributed by atoms with van der Waals surface area (Å²) in [6, 6.07) is 7.52. The highest BCUT2D eigenvalue weighted by atomic mass is 35.5. The average Bonchev–Trinajstić information content (AvgIpc) is 3.10. The predicted molar refractivity (Wildman–Crippen MR) is 83.8 cm³/mol. The SMILES string of the molecule is CCN1CCCC1CNC(=O)c1cc2cc(Cl)ccc2o1. The maximum absolute atomic E-state index is 12.2. The van der Waals surface area contributed by atoms with Gasteiger partial charge in [0.15, 0.2) is 5.76 Å². The molecular formula is C16H19ClN2O2. The van der Waals surface area contributed by atoms with Crippen molar-refractivity contribution in [3.05, 3.63) is 35.0 Å². The quantitative estimate of drug-likeness (QED) is 0.942. The molecule has 112 valence electrons. The Bertz CT molecular complexity index is 653. The van der Waals surface area contributed by atoms with Gasteiger partial charge in [-0.1, -0.05) is 18.5 Å². The molecule has 0 aliphatic carbocycles. The van der Waals surface area contributed by atoms with E-state index in [1.54, 1.807) is 24.3 Å². The zero-order chi connectivity index (χ0) is 14.8. The van der Waals surface area contributed by atoms with Crippen LogP contribution in [0.15, 0.2) is 28.7 Å². The van der Waals surface area contributed by atoms with Crippen LogP contribution in [0.1, 0.15) is 30.3 Å². The molecule has 1 aromatic heterocycles. The number of hydrogen-bond donors (Lipinski definition) is 1. The number of rotatable bonds is 4. The van der Waals surface area contributed by atoms with Crippen LogP contribution in [-0.2, 0) is 0 Å². The van der Waals surface area contributed by atoms with Crippen LogP contribution in [0.3, 0.4) is 0 Å². The van der Waals surface area contributed by atoms with Crippen LogP contribution >= 0.6 is 11.6 Å². The van der Waals surface area contributed by atoms with Crippen LogP contribution in [0.25, 0.3) is 11.0 Å². The first-order valence-corrected chi connectivity index (χ1v) is 7.76. The van der Waals surface area contributed by atoms with Gasteiger partial charge < -0.3 is 9.73 Å². The summed E-state index contributed by atoms with van der Waals surface area (Å²) in [5, 5.41) is 4.46. The summed E-state index contributed by atoms with van der Waals surface area (Å²) in [7, 11) is 0. The number of halogens is 1. The molecule has 1 unspecified atom stereocenters. The third kappa shape index (κ3) is 3.06. The van der Waals surface area contributed by atoms with E-state index >= 15 is 0 Å². The van der Waals surface area contributed by atoms with E-state index in [0.29, 0.717) is 29.0 Å². The van der Waals surface area contributed by atoms with Crippen molar-refractivity contribution in [1.82, 2.24) is 10.2 Å². The van der Waals surface area contributed by atoms with Crippen molar-refractivity contribution in [1.29, 1.82) is 0 Å². The van der Waals surface area contributed by atoms with E-state index in [-0.39, 0.29) is 5.91 Å². The molecule has 0 bridgehead atoms. The van der Waals surface area contributed by atoms with Gasteiger partial charge >= 0.3 is 0 Å². The van der Waals surface area contributed by atoms with E-state index in [9.17, 15) is 4.79 Å². The number of carbonyl (C=O) groups excluding carboxylic acids is 1. The van der Waals surface area contributed by atoms with Crippen LogP contribution in [0.4, 0.5) is 0 Å². The summed E-state index contributed by atoms with van der Waals surface area (Å²) in [6.45, 7) is 4.98. The minimum Gasteiger partial charge on any atom is -0.451 e. The molecule has 1 aromatic carbocycles. The number of benzene rings is 1. The number of amides is 1. The number of furan rings is 1. The smallest absolute Gasteiger partial charge is 0.287 e. The van der Waals surface area contributed by atoms with E-state index in [1.165, 1.54) is 6.42 Å². The van der Waals surface area contributed by atoms with Gasteiger partial charge in [-0.15, -0.1) is 0 Å². The van der Waals surface area contributed by atoms with Gasteiger partial charge in [0.1, 0.15) is 5.58 Å². The minimum absolute atomic E-state index is 0.162. The molecule has 4 nitrogen and oxygen atoms in total. The number of fused-ring (bicyclic) bond motifs is 1. The molecule has 2 aromatic rings. The Kier molecular flexibility index (Phi) is 4.17. The fourth-order valence-electron chi connectivity index (χ4n) is 2.97. The van der Waals surface area contributed by atoms with E-state index in [1.807, 2.05) is 0 Å². The number of likely N-dealkylation sites (tertiary alicyclic amines) is 1. The first-order chi connectivity index (χ1) is 10.2. The van der Waals surface area contributed by atoms with Crippen molar-refractivity contribution in [2.75, 3.05) is 19.6 Å². The lowest BCUT2D eigenvalue weighted by Crippen LogP contribution is -2.39. The number of carbonyl (C=O) groups is 1. The number of likely N-dealkylation sites (N-methyl/N-ethyl adjacent to an activating group) is 1. The van der Waals surface area contributed by atoms with Crippen LogP contribution in [0.2, 0.25) is 5.02 Å². The highest BCUT2D eigenvalue weighted by molar-refractivity contribution is 6.31. The fraction of sp³-hybridized carbons (Fsp3) is 0.438. The second-order valence-electron chi connectivity index (χ2n) is 5.43. The van der Waals surface area contributed by atoms with Gasteiger partial charge in [-0.25, -0.2) is 0 Å². The second-order valence-corrected chi connectivity index (χ2v) is 5.86. The maximum atomic E-state index is 12.2. The monoisotopic (exact) mass is 306 g/mol. The van der Waals surface area contributed by atoms with Crippen molar-refractivity contribution >= 4 is 28.5 Å². The van der Waals surface area contributed by atoms with Gasteiger partial charge in [-0.05, 0) is 50.2 Å². The summed E-state index contributed by atoms with van der Waals surface area (Å²) < 4.78 is 5.57. The molecule has 21 heavy (non-hydrogen) atoms. The predicted octanol–water partition coefficient (Wildman–Crippen LogP) is 3.30. The van der Waals surface area contributed by atoms with Gasteiger partial charge in [0.25, 0.3) is 5.91 Å². The van der Waals surface area contributed by atoms with Crippen molar-refractivity contribution in [3.63, 3.8) is 0 Å². The normalized spacial score (nSPS) is 19.2. The van der Waals surface area contributed by atoms with Gasteiger partial charge in [0.2, 0.25) is 0 Å². The molecule has 3 rings (SSSR count). The first-order valence-electron chi connectivity index (χ1n) is 7.38. The maximum Gasteiger partial charge on any atom is 0.287 e. The van der Waals surface area contributed by atoms with Crippen LogP contribution < -0.4 is 5.32 Å². The summed E-state index contributed by atoms with van der Waals surface area (Å²) in [5.41, 5.74) is 0.681. The summed E-state index contributed by atoms with van der Waals surface area (Å²) in [4.78, 5) is 14.6. The Morgan fingerprint density at radius 1 is 1.48 bits per heavy atom. The number of hydrogen-bond acceptors (Lipinski definition) is 3. The fourth-order valence-corrected chi connectivity index (χ4v) is 3.15. The van der Waals surface area contributed by atoms with E-state index in [0.717, 1.165) is 24.9 Å². The van der Waals surface area contributed by atoms with E-state index in [2.05, 4.69) is 17.1 Å². The molecule has 2 heterocycles. The third-order valence-electron chi connectivity index (χ3n) is 4.11. The molecule has 0 radical (unpaired) electrons. The molecule has 1 fully saturated rings. The van der Waals surface area contributed by atoms with Crippen LogP contribution in [-0.4, -0.2) is 36.5 Å². The molecule has 1 amide bonds. The van der Waals surface area contributed by atoms with E-state index < -0.39 is 0 Å². The Labute approximate surface area is 129 Å². The molecule has 1 saturated heterocycles. The number of nitrogens with one attached hydrogen (secondary N) is 1. The molecular weight excluding hydrogens is 288 g/mol. The highest BCUT2D eigenvalue weighted by Crippen LogP contribution is 2.23. The lowest BCUT2D eigenvalue weighted by atomic mass is 10.2. The largest absolute Gasteiger partial charge is 0.451 e. The van der Waals surface area contributed by atoms with E-state index in [4.69, 9.17) is 16.0 Å². The standard InChI is InChI=1S/C16H19ClN2O2/c1-2-19-7-3-4-13(19)10-18-16(20)15-9-11-8-12(17)5-6-14(11)21-15/h5-6,8-9,13H,2-4,7,10H2,1H3,(H,18,20). The Morgan fingerprint density at radius 2 is 2.33 bits per heavy atom. The molecule has 1 atom stereocenters. The van der Waals surface area contributed by atoms with Crippen molar-refractivity contribution < 1.29 is 9.21 Å². The van der Waals surface area contributed by atoms with Crippen LogP contribution in [0.5, 0.6) is 0 Å². The molecule has 0 spiro atoms. The van der Waals surface area contributed by atoms with Gasteiger partial charge in [-0.2, -0.15) is 0 Å². The van der Waals surface area contributed by atoms with Crippen molar-refractivity contribution in [3.8, 4) is 0 Å². The molecule has 5 heteroatoms. The first kappa shape index (κ1) is 14.4. The summed E-state index contributed by atoms with van der Waals surface area (Å²) in [5.74, 6) is 0.179. The van der Waals surface area contributed by atoms with Crippen molar-refractivity contribution in [2.45, 2.75) is 25.8 Å². The second kappa shape index (κ2) is 6.08. The topological polar surface area (TPSA) is 45.5 Å². The van der Waals surface area contributed by atoms with Crippen LogP contribution in [0, 0.1) is 0 Å². The zero-order valence-electron chi connectivity index (χ0n) is 12.1.